The number of fused-ring (bicyclic) bond motifs is 1. The fourth-order valence-electron chi connectivity index (χ4n) is 1.46. The second kappa shape index (κ2) is 6.75. The van der Waals surface area contributed by atoms with E-state index in [9.17, 15) is 4.79 Å². The standard InChI is InChI=1S/C10H11N3O2S.2ClH/c11-6(9(14)15)3-5-1-2-7-8(4-5)16-10(12)13-7;;/h1-2,4,6H,3,11H2,(H2,12,13)(H,14,15);2*1H/t6-;;/m0../s1. The van der Waals surface area contributed by atoms with Crippen LogP contribution >= 0.6 is 36.2 Å². The van der Waals surface area contributed by atoms with Crippen LogP contribution in [0.4, 0.5) is 5.13 Å². The Hall–Kier alpha value is -1.08. The number of carbonyl (C=O) groups is 1. The van der Waals surface area contributed by atoms with Crippen LogP contribution in [0.5, 0.6) is 0 Å². The molecular formula is C10H13Cl2N3O2S. The van der Waals surface area contributed by atoms with Gasteiger partial charge in [0.25, 0.3) is 0 Å². The quantitative estimate of drug-likeness (QED) is 0.800. The van der Waals surface area contributed by atoms with E-state index in [0.717, 1.165) is 15.8 Å². The van der Waals surface area contributed by atoms with Crippen LogP contribution in [0.3, 0.4) is 0 Å². The third-order valence-electron chi connectivity index (χ3n) is 2.24. The van der Waals surface area contributed by atoms with Gasteiger partial charge < -0.3 is 16.6 Å². The smallest absolute Gasteiger partial charge is 0.320 e. The van der Waals surface area contributed by atoms with Gasteiger partial charge in [0.2, 0.25) is 0 Å². The molecule has 100 valence electrons. The Labute approximate surface area is 120 Å². The minimum absolute atomic E-state index is 0. The highest BCUT2D eigenvalue weighted by Gasteiger charge is 2.12. The fraction of sp³-hybridized carbons (Fsp3) is 0.200. The van der Waals surface area contributed by atoms with Crippen LogP contribution in [0.2, 0.25) is 0 Å². The number of carboxylic acid groups (broad SMARTS) is 1. The number of benzene rings is 1. The Morgan fingerprint density at radius 2 is 2.11 bits per heavy atom. The maximum absolute atomic E-state index is 10.6. The van der Waals surface area contributed by atoms with Crippen LogP contribution in [0.15, 0.2) is 18.2 Å². The van der Waals surface area contributed by atoms with Crippen LogP contribution in [0.25, 0.3) is 10.2 Å². The molecule has 0 saturated carbocycles. The molecule has 5 nitrogen and oxygen atoms in total. The third-order valence-corrected chi connectivity index (χ3v) is 3.09. The molecule has 18 heavy (non-hydrogen) atoms. The lowest BCUT2D eigenvalue weighted by Gasteiger charge is -2.05. The lowest BCUT2D eigenvalue weighted by atomic mass is 10.1. The Balaban J connectivity index is 0.00000144. The molecule has 0 aliphatic rings. The van der Waals surface area contributed by atoms with Gasteiger partial charge in [-0.2, -0.15) is 0 Å². The van der Waals surface area contributed by atoms with Gasteiger partial charge in [0.15, 0.2) is 5.13 Å². The first-order valence-electron chi connectivity index (χ1n) is 4.69. The summed E-state index contributed by atoms with van der Waals surface area (Å²) in [5, 5.41) is 9.21. The summed E-state index contributed by atoms with van der Waals surface area (Å²) in [7, 11) is 0. The Morgan fingerprint density at radius 1 is 1.44 bits per heavy atom. The minimum Gasteiger partial charge on any atom is -0.480 e. The van der Waals surface area contributed by atoms with Crippen LogP contribution < -0.4 is 11.5 Å². The first-order valence-corrected chi connectivity index (χ1v) is 5.51. The number of nitrogens with two attached hydrogens (primary N) is 2. The van der Waals surface area contributed by atoms with Crippen molar-refractivity contribution < 1.29 is 9.90 Å². The highest BCUT2D eigenvalue weighted by molar-refractivity contribution is 7.22. The number of hydrogen-bond donors (Lipinski definition) is 3. The summed E-state index contributed by atoms with van der Waals surface area (Å²) in [6, 6.07) is 4.66. The van der Waals surface area contributed by atoms with Gasteiger partial charge >= 0.3 is 5.97 Å². The van der Waals surface area contributed by atoms with Gasteiger partial charge in [-0.15, -0.1) is 24.8 Å². The van der Waals surface area contributed by atoms with E-state index in [-0.39, 0.29) is 24.8 Å². The summed E-state index contributed by atoms with van der Waals surface area (Å²) in [5.41, 5.74) is 12.7. The van der Waals surface area contributed by atoms with E-state index in [1.165, 1.54) is 11.3 Å². The van der Waals surface area contributed by atoms with E-state index in [4.69, 9.17) is 16.6 Å². The predicted octanol–water partition coefficient (Wildman–Crippen LogP) is 1.68. The summed E-state index contributed by atoms with van der Waals surface area (Å²) in [5.74, 6) is -0.996. The number of thiazole rings is 1. The Morgan fingerprint density at radius 3 is 2.72 bits per heavy atom. The number of aliphatic carboxylic acids is 1. The fourth-order valence-corrected chi connectivity index (χ4v) is 2.25. The molecule has 8 heteroatoms. The van der Waals surface area contributed by atoms with Crippen molar-refractivity contribution >= 4 is 57.5 Å². The Bertz CT molecular complexity index is 547. The van der Waals surface area contributed by atoms with E-state index in [2.05, 4.69) is 4.98 Å². The minimum atomic E-state index is -0.996. The van der Waals surface area contributed by atoms with Crippen LogP contribution in [0.1, 0.15) is 5.56 Å². The molecule has 2 rings (SSSR count). The highest BCUT2D eigenvalue weighted by Crippen LogP contribution is 2.24. The highest BCUT2D eigenvalue weighted by atomic mass is 35.5. The number of aromatic nitrogens is 1. The number of nitrogen functional groups attached to an aromatic ring is 1. The lowest BCUT2D eigenvalue weighted by Crippen LogP contribution is -2.32. The van der Waals surface area contributed by atoms with Crippen molar-refractivity contribution in [3.8, 4) is 0 Å². The van der Waals surface area contributed by atoms with E-state index in [1.807, 2.05) is 18.2 Å². The monoisotopic (exact) mass is 309 g/mol. The van der Waals surface area contributed by atoms with Crippen molar-refractivity contribution in [2.24, 2.45) is 5.73 Å². The molecule has 0 aliphatic heterocycles. The molecule has 5 N–H and O–H groups in total. The van der Waals surface area contributed by atoms with E-state index >= 15 is 0 Å². The average molecular weight is 310 g/mol. The summed E-state index contributed by atoms with van der Waals surface area (Å²) >= 11 is 1.38. The second-order valence-corrected chi connectivity index (χ2v) is 4.57. The van der Waals surface area contributed by atoms with Crippen molar-refractivity contribution in [2.75, 3.05) is 5.73 Å². The van der Waals surface area contributed by atoms with Crippen molar-refractivity contribution in [3.63, 3.8) is 0 Å². The molecule has 0 bridgehead atoms. The molecule has 0 fully saturated rings. The van der Waals surface area contributed by atoms with Crippen LogP contribution in [-0.4, -0.2) is 22.1 Å². The molecule has 1 aromatic carbocycles. The molecule has 1 atom stereocenters. The molecular weight excluding hydrogens is 297 g/mol. The maximum atomic E-state index is 10.6. The third kappa shape index (κ3) is 3.71. The number of nitrogens with zero attached hydrogens (tertiary/aromatic N) is 1. The molecule has 1 heterocycles. The van der Waals surface area contributed by atoms with Gasteiger partial charge in [-0.1, -0.05) is 17.4 Å². The number of anilines is 1. The van der Waals surface area contributed by atoms with E-state index in [1.54, 1.807) is 0 Å². The average Bonchev–Trinajstić information content (AvgIpc) is 2.57. The largest absolute Gasteiger partial charge is 0.480 e. The van der Waals surface area contributed by atoms with Crippen molar-refractivity contribution in [1.29, 1.82) is 0 Å². The molecule has 2 aromatic rings. The predicted molar refractivity (Wildman–Crippen MR) is 77.8 cm³/mol. The summed E-state index contributed by atoms with van der Waals surface area (Å²) in [4.78, 5) is 14.7. The van der Waals surface area contributed by atoms with Crippen molar-refractivity contribution in [2.45, 2.75) is 12.5 Å². The Kier molecular flexibility index (Phi) is 6.34. The summed E-state index contributed by atoms with van der Waals surface area (Å²) in [6.45, 7) is 0. The first kappa shape index (κ1) is 16.9. The molecule has 1 aromatic heterocycles. The van der Waals surface area contributed by atoms with Crippen LogP contribution in [0, 0.1) is 0 Å². The molecule has 0 radical (unpaired) electrons. The van der Waals surface area contributed by atoms with Gasteiger partial charge in [-0.25, -0.2) is 4.98 Å². The zero-order valence-electron chi connectivity index (χ0n) is 9.20. The van der Waals surface area contributed by atoms with Gasteiger partial charge in [0.05, 0.1) is 10.2 Å². The van der Waals surface area contributed by atoms with Crippen molar-refractivity contribution in [3.05, 3.63) is 23.8 Å². The molecule has 0 spiro atoms. The first-order chi connectivity index (χ1) is 7.56. The lowest BCUT2D eigenvalue weighted by molar-refractivity contribution is -0.138. The number of hydrogen-bond acceptors (Lipinski definition) is 5. The zero-order chi connectivity index (χ0) is 11.7. The second-order valence-electron chi connectivity index (χ2n) is 3.50. The summed E-state index contributed by atoms with van der Waals surface area (Å²) < 4.78 is 0.951. The van der Waals surface area contributed by atoms with Gasteiger partial charge in [-0.3, -0.25) is 4.79 Å². The van der Waals surface area contributed by atoms with E-state index in [0.29, 0.717) is 11.6 Å². The van der Waals surface area contributed by atoms with Gasteiger partial charge in [0.1, 0.15) is 6.04 Å². The molecule has 0 unspecified atom stereocenters. The van der Waals surface area contributed by atoms with Gasteiger partial charge in [-0.05, 0) is 24.1 Å². The van der Waals surface area contributed by atoms with E-state index < -0.39 is 12.0 Å². The topological polar surface area (TPSA) is 102 Å². The molecule has 0 amide bonds. The zero-order valence-corrected chi connectivity index (χ0v) is 11.6. The number of carboxylic acids is 1. The molecule has 0 saturated heterocycles. The van der Waals surface area contributed by atoms with Gasteiger partial charge in [0, 0.05) is 0 Å². The number of halogens is 2. The molecule has 0 aliphatic carbocycles. The van der Waals surface area contributed by atoms with Crippen LogP contribution in [-0.2, 0) is 11.2 Å². The maximum Gasteiger partial charge on any atom is 0.320 e. The number of rotatable bonds is 3. The SMILES string of the molecule is Cl.Cl.Nc1nc2ccc(C[C@H](N)C(=O)O)cc2s1. The van der Waals surface area contributed by atoms with Crippen molar-refractivity contribution in [1.82, 2.24) is 4.98 Å². The normalized spacial score (nSPS) is 11.4. The summed E-state index contributed by atoms with van der Waals surface area (Å²) in [6.07, 6.45) is 0.309.